The predicted molar refractivity (Wildman–Crippen MR) is 81.9 cm³/mol. The molecule has 2 rings (SSSR count). The highest BCUT2D eigenvalue weighted by Gasteiger charge is 2.22. The van der Waals surface area contributed by atoms with Crippen LogP contribution in [0.15, 0.2) is 24.5 Å². The number of carbonyl (C=O) groups is 1. The summed E-state index contributed by atoms with van der Waals surface area (Å²) in [5.41, 5.74) is 0.942. The van der Waals surface area contributed by atoms with E-state index in [2.05, 4.69) is 15.2 Å². The molecule has 0 radical (unpaired) electrons. The third-order valence-corrected chi connectivity index (χ3v) is 3.99. The zero-order valence-electron chi connectivity index (χ0n) is 12.5. The maximum atomic E-state index is 11.7. The van der Waals surface area contributed by atoms with Crippen molar-refractivity contribution in [2.24, 2.45) is 0 Å². The van der Waals surface area contributed by atoms with Crippen LogP contribution >= 0.6 is 0 Å². The molecule has 1 unspecified atom stereocenters. The summed E-state index contributed by atoms with van der Waals surface area (Å²) >= 11 is 0. The van der Waals surface area contributed by atoms with Gasteiger partial charge in [0.25, 0.3) is 0 Å². The van der Waals surface area contributed by atoms with Crippen molar-refractivity contribution < 1.29 is 9.90 Å². The molecule has 1 aliphatic rings. The SMILES string of the molecule is O=C(Cc1cccnc1)NCCCCN1CCCC1CO. The van der Waals surface area contributed by atoms with Crippen LogP contribution in [0.3, 0.4) is 0 Å². The van der Waals surface area contributed by atoms with E-state index in [0.717, 1.165) is 44.5 Å². The molecule has 5 heteroatoms. The molecular formula is C16H25N3O2. The molecule has 1 saturated heterocycles. The van der Waals surface area contributed by atoms with Gasteiger partial charge in [-0.3, -0.25) is 14.7 Å². The van der Waals surface area contributed by atoms with E-state index in [1.807, 2.05) is 12.1 Å². The number of unbranched alkanes of at least 4 members (excludes halogenated alkanes) is 1. The van der Waals surface area contributed by atoms with Crippen LogP contribution in [0.4, 0.5) is 0 Å². The first-order chi connectivity index (χ1) is 10.3. The maximum absolute atomic E-state index is 11.7. The minimum absolute atomic E-state index is 0.0532. The molecule has 0 aromatic carbocycles. The zero-order chi connectivity index (χ0) is 14.9. The van der Waals surface area contributed by atoms with Gasteiger partial charge in [-0.1, -0.05) is 6.07 Å². The number of carbonyl (C=O) groups excluding carboxylic acids is 1. The van der Waals surface area contributed by atoms with Crippen molar-refractivity contribution in [1.82, 2.24) is 15.2 Å². The number of amides is 1. The molecule has 2 N–H and O–H groups in total. The van der Waals surface area contributed by atoms with Crippen molar-refractivity contribution in [3.63, 3.8) is 0 Å². The maximum Gasteiger partial charge on any atom is 0.224 e. The fourth-order valence-electron chi connectivity index (χ4n) is 2.81. The first kappa shape index (κ1) is 15.9. The molecule has 21 heavy (non-hydrogen) atoms. The monoisotopic (exact) mass is 291 g/mol. The fourth-order valence-corrected chi connectivity index (χ4v) is 2.81. The molecule has 1 aliphatic heterocycles. The van der Waals surface area contributed by atoms with Crippen molar-refractivity contribution in [3.05, 3.63) is 30.1 Å². The minimum Gasteiger partial charge on any atom is -0.395 e. The van der Waals surface area contributed by atoms with Crippen LogP contribution in [0.25, 0.3) is 0 Å². The Bertz CT molecular complexity index is 425. The van der Waals surface area contributed by atoms with Gasteiger partial charge in [-0.25, -0.2) is 0 Å². The van der Waals surface area contributed by atoms with E-state index in [9.17, 15) is 9.90 Å². The predicted octanol–water partition coefficient (Wildman–Crippen LogP) is 0.977. The Morgan fingerprint density at radius 3 is 3.14 bits per heavy atom. The fraction of sp³-hybridized carbons (Fsp3) is 0.625. The van der Waals surface area contributed by atoms with Crippen LogP contribution in [-0.4, -0.2) is 53.2 Å². The van der Waals surface area contributed by atoms with E-state index >= 15 is 0 Å². The Balaban J connectivity index is 1.54. The number of aromatic nitrogens is 1. The molecular weight excluding hydrogens is 266 g/mol. The summed E-state index contributed by atoms with van der Waals surface area (Å²) in [7, 11) is 0. The van der Waals surface area contributed by atoms with Crippen molar-refractivity contribution in [2.75, 3.05) is 26.2 Å². The smallest absolute Gasteiger partial charge is 0.224 e. The first-order valence-electron chi connectivity index (χ1n) is 7.80. The highest BCUT2D eigenvalue weighted by atomic mass is 16.3. The Hall–Kier alpha value is -1.46. The summed E-state index contributed by atoms with van der Waals surface area (Å²) in [5, 5.41) is 12.2. The second-order valence-corrected chi connectivity index (χ2v) is 5.61. The van der Waals surface area contributed by atoms with E-state index in [1.165, 1.54) is 6.42 Å². The lowest BCUT2D eigenvalue weighted by atomic mass is 10.2. The van der Waals surface area contributed by atoms with Gasteiger partial charge in [0, 0.05) is 25.0 Å². The average molecular weight is 291 g/mol. The van der Waals surface area contributed by atoms with Crippen LogP contribution in [0, 0.1) is 0 Å². The van der Waals surface area contributed by atoms with Crippen LogP contribution in [0.2, 0.25) is 0 Å². The number of nitrogens with zero attached hydrogens (tertiary/aromatic N) is 2. The Labute approximate surface area is 126 Å². The van der Waals surface area contributed by atoms with Crippen LogP contribution in [0.5, 0.6) is 0 Å². The van der Waals surface area contributed by atoms with E-state index in [4.69, 9.17) is 0 Å². The first-order valence-corrected chi connectivity index (χ1v) is 7.80. The average Bonchev–Trinajstić information content (AvgIpc) is 2.95. The summed E-state index contributed by atoms with van der Waals surface area (Å²) < 4.78 is 0. The van der Waals surface area contributed by atoms with Gasteiger partial charge in [0.1, 0.15) is 0 Å². The third kappa shape index (κ3) is 5.44. The van der Waals surface area contributed by atoms with Crippen molar-refractivity contribution in [1.29, 1.82) is 0 Å². The number of rotatable bonds is 8. The molecule has 116 valence electrons. The molecule has 0 spiro atoms. The minimum atomic E-state index is 0.0532. The molecule has 0 saturated carbocycles. The van der Waals surface area contributed by atoms with Crippen LogP contribution in [0.1, 0.15) is 31.2 Å². The quantitative estimate of drug-likeness (QED) is 0.701. The lowest BCUT2D eigenvalue weighted by molar-refractivity contribution is -0.120. The second kappa shape index (κ2) is 8.74. The number of hydrogen-bond acceptors (Lipinski definition) is 4. The number of aliphatic hydroxyl groups excluding tert-OH is 1. The third-order valence-electron chi connectivity index (χ3n) is 3.99. The van der Waals surface area contributed by atoms with Crippen LogP contribution < -0.4 is 5.32 Å². The Morgan fingerprint density at radius 1 is 1.48 bits per heavy atom. The summed E-state index contributed by atoms with van der Waals surface area (Å²) in [4.78, 5) is 18.1. The van der Waals surface area contributed by atoms with Gasteiger partial charge in [-0.15, -0.1) is 0 Å². The lowest BCUT2D eigenvalue weighted by Gasteiger charge is -2.22. The van der Waals surface area contributed by atoms with Crippen molar-refractivity contribution >= 4 is 5.91 Å². The molecule has 1 atom stereocenters. The number of nitrogens with one attached hydrogen (secondary N) is 1. The zero-order valence-corrected chi connectivity index (χ0v) is 12.5. The summed E-state index contributed by atoms with van der Waals surface area (Å²) in [6.07, 6.45) is 8.16. The molecule has 0 aliphatic carbocycles. The molecule has 1 aromatic heterocycles. The van der Waals surface area contributed by atoms with Crippen molar-refractivity contribution in [2.45, 2.75) is 38.1 Å². The van der Waals surface area contributed by atoms with Gasteiger partial charge in [-0.05, 0) is 50.4 Å². The van der Waals surface area contributed by atoms with Gasteiger partial charge in [-0.2, -0.15) is 0 Å². The van der Waals surface area contributed by atoms with E-state index in [0.29, 0.717) is 12.5 Å². The molecule has 1 fully saturated rings. The van der Waals surface area contributed by atoms with Gasteiger partial charge in [0.2, 0.25) is 5.91 Å². The molecule has 2 heterocycles. The molecule has 1 amide bonds. The van der Waals surface area contributed by atoms with Gasteiger partial charge in [0.05, 0.1) is 13.0 Å². The summed E-state index contributed by atoms with van der Waals surface area (Å²) in [6, 6.07) is 4.11. The highest BCUT2D eigenvalue weighted by molar-refractivity contribution is 5.78. The Morgan fingerprint density at radius 2 is 2.38 bits per heavy atom. The topological polar surface area (TPSA) is 65.5 Å². The second-order valence-electron chi connectivity index (χ2n) is 5.61. The molecule has 5 nitrogen and oxygen atoms in total. The van der Waals surface area contributed by atoms with E-state index < -0.39 is 0 Å². The van der Waals surface area contributed by atoms with Gasteiger partial charge in [0.15, 0.2) is 0 Å². The van der Waals surface area contributed by atoms with Crippen molar-refractivity contribution in [3.8, 4) is 0 Å². The summed E-state index contributed by atoms with van der Waals surface area (Å²) in [6.45, 7) is 3.10. The molecule has 1 aromatic rings. The number of pyridine rings is 1. The van der Waals surface area contributed by atoms with Gasteiger partial charge < -0.3 is 10.4 Å². The highest BCUT2D eigenvalue weighted by Crippen LogP contribution is 2.16. The number of hydrogen-bond donors (Lipinski definition) is 2. The van der Waals surface area contributed by atoms with E-state index in [-0.39, 0.29) is 12.5 Å². The number of likely N-dealkylation sites (tertiary alicyclic amines) is 1. The lowest BCUT2D eigenvalue weighted by Crippen LogP contribution is -2.33. The molecule has 0 bridgehead atoms. The van der Waals surface area contributed by atoms with Crippen LogP contribution in [-0.2, 0) is 11.2 Å². The summed E-state index contributed by atoms with van der Waals surface area (Å²) in [5.74, 6) is 0.0532. The largest absolute Gasteiger partial charge is 0.395 e. The standard InChI is InChI=1S/C16H25N3O2/c20-13-15-6-4-10-19(15)9-2-1-8-18-16(21)11-14-5-3-7-17-12-14/h3,5,7,12,15,20H,1-2,4,6,8-11,13H2,(H,18,21). The normalized spacial score (nSPS) is 18.8. The Kier molecular flexibility index (Phi) is 6.63. The van der Waals surface area contributed by atoms with E-state index in [1.54, 1.807) is 12.4 Å². The van der Waals surface area contributed by atoms with Gasteiger partial charge >= 0.3 is 0 Å². The number of aliphatic hydroxyl groups is 1.